The highest BCUT2D eigenvalue weighted by Gasteiger charge is 2.16. The summed E-state index contributed by atoms with van der Waals surface area (Å²) in [5, 5.41) is 11.7. The first kappa shape index (κ1) is 12.9. The average Bonchev–Trinajstić information content (AvgIpc) is 2.65. The Hall–Kier alpha value is -1.19. The molecule has 1 aromatic heterocycles. The zero-order valence-electron chi connectivity index (χ0n) is 8.54. The Balaban J connectivity index is 2.60. The number of oxime groups is 1. The van der Waals surface area contributed by atoms with Crippen LogP contribution in [0.5, 0.6) is 0 Å². The highest BCUT2D eigenvalue weighted by atomic mass is 32.2. The van der Waals surface area contributed by atoms with E-state index in [2.05, 4.69) is 14.9 Å². The number of thiazole rings is 1. The number of hydrogen-bond donors (Lipinski definition) is 3. The summed E-state index contributed by atoms with van der Waals surface area (Å²) in [4.78, 5) is 3.85. The molecule has 0 radical (unpaired) electrons. The van der Waals surface area contributed by atoms with Gasteiger partial charge in [0.25, 0.3) is 10.0 Å². The fraction of sp³-hybridized carbons (Fsp3) is 0.429. The number of nitrogens with two attached hydrogens (primary N) is 1. The predicted octanol–water partition coefficient (Wildman–Crippen LogP) is -0.134. The van der Waals surface area contributed by atoms with Crippen molar-refractivity contribution in [2.45, 2.75) is 17.6 Å². The molecule has 1 heterocycles. The molecule has 0 amide bonds. The van der Waals surface area contributed by atoms with Crippen molar-refractivity contribution in [3.05, 3.63) is 11.2 Å². The third kappa shape index (κ3) is 3.43. The molecule has 0 fully saturated rings. The molecule has 0 unspecified atom stereocenters. The molecule has 9 heteroatoms. The molecule has 4 N–H and O–H groups in total. The van der Waals surface area contributed by atoms with Crippen LogP contribution in [0.4, 0.5) is 0 Å². The van der Waals surface area contributed by atoms with Crippen molar-refractivity contribution < 1.29 is 13.6 Å². The van der Waals surface area contributed by atoms with Gasteiger partial charge in [-0.1, -0.05) is 5.16 Å². The van der Waals surface area contributed by atoms with E-state index in [1.807, 2.05) is 0 Å². The zero-order valence-corrected chi connectivity index (χ0v) is 10.2. The number of amidine groups is 1. The Morgan fingerprint density at radius 2 is 2.44 bits per heavy atom. The number of hydrogen-bond acceptors (Lipinski definition) is 6. The van der Waals surface area contributed by atoms with Gasteiger partial charge in [0.1, 0.15) is 5.84 Å². The number of nitrogens with one attached hydrogen (secondary N) is 1. The first-order chi connectivity index (χ1) is 7.45. The van der Waals surface area contributed by atoms with Crippen LogP contribution in [0.25, 0.3) is 0 Å². The summed E-state index contributed by atoms with van der Waals surface area (Å²) < 4.78 is 25.7. The van der Waals surface area contributed by atoms with Crippen LogP contribution in [0.15, 0.2) is 15.6 Å². The van der Waals surface area contributed by atoms with Crippen LogP contribution < -0.4 is 10.5 Å². The molecular weight excluding hydrogens is 252 g/mol. The third-order valence-corrected chi connectivity index (χ3v) is 4.50. The smallest absolute Gasteiger partial charge is 0.251 e. The number of sulfonamides is 1. The molecule has 0 atom stereocenters. The predicted molar refractivity (Wildman–Crippen MR) is 60.1 cm³/mol. The summed E-state index contributed by atoms with van der Waals surface area (Å²) in [6.07, 6.45) is 1.44. The highest BCUT2D eigenvalue weighted by Crippen LogP contribution is 2.17. The van der Waals surface area contributed by atoms with Gasteiger partial charge in [-0.25, -0.2) is 18.1 Å². The van der Waals surface area contributed by atoms with Crippen LogP contribution in [0.3, 0.4) is 0 Å². The van der Waals surface area contributed by atoms with Gasteiger partial charge < -0.3 is 10.9 Å². The quantitative estimate of drug-likeness (QED) is 0.296. The van der Waals surface area contributed by atoms with E-state index < -0.39 is 10.0 Å². The fourth-order valence-corrected chi connectivity index (χ4v) is 3.08. The second kappa shape index (κ2) is 5.23. The first-order valence-electron chi connectivity index (χ1n) is 4.34. The second-order valence-electron chi connectivity index (χ2n) is 2.94. The van der Waals surface area contributed by atoms with Gasteiger partial charge in [0.2, 0.25) is 0 Å². The monoisotopic (exact) mass is 264 g/mol. The minimum atomic E-state index is -3.53. The van der Waals surface area contributed by atoms with Crippen LogP contribution in [-0.2, 0) is 10.0 Å². The topological polar surface area (TPSA) is 118 Å². The summed E-state index contributed by atoms with van der Waals surface area (Å²) >= 11 is 1.09. The van der Waals surface area contributed by atoms with E-state index in [0.29, 0.717) is 5.01 Å². The average molecular weight is 264 g/mol. The summed E-state index contributed by atoms with van der Waals surface area (Å²) in [6, 6.07) is 0. The van der Waals surface area contributed by atoms with Crippen LogP contribution in [0.1, 0.15) is 11.4 Å². The molecule has 0 bridgehead atoms. The van der Waals surface area contributed by atoms with Crippen LogP contribution >= 0.6 is 11.3 Å². The van der Waals surface area contributed by atoms with Gasteiger partial charge in [0, 0.05) is 13.0 Å². The SMILES string of the molecule is Cc1ncc(S(=O)(=O)NCC/C(N)=N/O)s1. The highest BCUT2D eigenvalue weighted by molar-refractivity contribution is 7.91. The largest absolute Gasteiger partial charge is 0.409 e. The van der Waals surface area contributed by atoms with E-state index in [1.54, 1.807) is 6.92 Å². The van der Waals surface area contributed by atoms with Crippen molar-refractivity contribution >= 4 is 27.2 Å². The molecule has 7 nitrogen and oxygen atoms in total. The third-order valence-electron chi connectivity index (χ3n) is 1.67. The van der Waals surface area contributed by atoms with E-state index in [1.165, 1.54) is 6.20 Å². The molecule has 1 rings (SSSR count). The van der Waals surface area contributed by atoms with E-state index in [-0.39, 0.29) is 23.0 Å². The van der Waals surface area contributed by atoms with Gasteiger partial charge in [0.05, 0.1) is 11.2 Å². The van der Waals surface area contributed by atoms with Gasteiger partial charge in [-0.05, 0) is 6.92 Å². The number of nitrogens with zero attached hydrogens (tertiary/aromatic N) is 2. The van der Waals surface area contributed by atoms with E-state index in [0.717, 1.165) is 11.3 Å². The van der Waals surface area contributed by atoms with Gasteiger partial charge in [-0.3, -0.25) is 0 Å². The fourth-order valence-electron chi connectivity index (χ4n) is 0.901. The molecule has 0 aliphatic heterocycles. The zero-order chi connectivity index (χ0) is 12.2. The van der Waals surface area contributed by atoms with E-state index in [4.69, 9.17) is 10.9 Å². The normalized spacial score (nSPS) is 12.9. The molecule has 0 spiro atoms. The lowest BCUT2D eigenvalue weighted by atomic mass is 10.4. The minimum Gasteiger partial charge on any atom is -0.409 e. The number of aromatic nitrogens is 1. The van der Waals surface area contributed by atoms with Crippen LogP contribution in [0.2, 0.25) is 0 Å². The molecule has 0 aliphatic carbocycles. The summed E-state index contributed by atoms with van der Waals surface area (Å²) in [6.45, 7) is 1.80. The molecule has 16 heavy (non-hydrogen) atoms. The molecule has 0 saturated carbocycles. The molecule has 1 aromatic rings. The van der Waals surface area contributed by atoms with Gasteiger partial charge in [-0.2, -0.15) is 0 Å². The van der Waals surface area contributed by atoms with Gasteiger partial charge in [-0.15, -0.1) is 11.3 Å². The number of aryl methyl sites for hydroxylation is 1. The summed E-state index contributed by atoms with van der Waals surface area (Å²) in [5.74, 6) is -0.0248. The van der Waals surface area contributed by atoms with Crippen molar-refractivity contribution in [2.24, 2.45) is 10.9 Å². The Labute approximate surface area is 97.0 Å². The molecule has 0 saturated heterocycles. The summed E-state index contributed by atoms with van der Waals surface area (Å²) in [7, 11) is -3.53. The maximum absolute atomic E-state index is 11.6. The van der Waals surface area contributed by atoms with E-state index >= 15 is 0 Å². The Bertz CT molecular complexity index is 480. The summed E-state index contributed by atoms with van der Waals surface area (Å²) in [5.41, 5.74) is 5.20. The lowest BCUT2D eigenvalue weighted by Gasteiger charge is -2.02. The Morgan fingerprint density at radius 3 is 2.94 bits per heavy atom. The lowest BCUT2D eigenvalue weighted by Crippen LogP contribution is -2.27. The standard InChI is InChI=1S/C7H12N4O3S2/c1-5-9-4-7(15-5)16(13,14)10-3-2-6(8)11-12/h4,10,12H,2-3H2,1H3,(H2,8,11). The van der Waals surface area contributed by atoms with Crippen molar-refractivity contribution in [3.8, 4) is 0 Å². The molecule has 0 aliphatic rings. The first-order valence-corrected chi connectivity index (χ1v) is 6.64. The lowest BCUT2D eigenvalue weighted by molar-refractivity contribution is 0.317. The molecule has 0 aromatic carbocycles. The van der Waals surface area contributed by atoms with Crippen molar-refractivity contribution in [1.82, 2.24) is 9.71 Å². The molecular formula is C7H12N4O3S2. The van der Waals surface area contributed by atoms with E-state index in [9.17, 15) is 8.42 Å². The molecule has 90 valence electrons. The Kier molecular flexibility index (Phi) is 4.21. The Morgan fingerprint density at radius 1 is 1.75 bits per heavy atom. The van der Waals surface area contributed by atoms with Crippen LogP contribution in [-0.4, -0.2) is 31.0 Å². The maximum Gasteiger partial charge on any atom is 0.251 e. The number of rotatable bonds is 5. The van der Waals surface area contributed by atoms with Crippen molar-refractivity contribution in [1.29, 1.82) is 0 Å². The van der Waals surface area contributed by atoms with Gasteiger partial charge in [0.15, 0.2) is 4.21 Å². The van der Waals surface area contributed by atoms with Gasteiger partial charge >= 0.3 is 0 Å². The minimum absolute atomic E-state index is 0.0248. The van der Waals surface area contributed by atoms with Crippen molar-refractivity contribution in [2.75, 3.05) is 6.54 Å². The second-order valence-corrected chi connectivity index (χ2v) is 6.17. The maximum atomic E-state index is 11.6. The van der Waals surface area contributed by atoms with Crippen molar-refractivity contribution in [3.63, 3.8) is 0 Å². The van der Waals surface area contributed by atoms with Crippen LogP contribution in [0, 0.1) is 6.92 Å².